The van der Waals surface area contributed by atoms with Crippen LogP contribution in [0.3, 0.4) is 0 Å². The third kappa shape index (κ3) is 4.69. The van der Waals surface area contributed by atoms with Gasteiger partial charge in [-0.2, -0.15) is 0 Å². The highest BCUT2D eigenvalue weighted by atomic mass is 16.5. The Kier molecular flexibility index (Phi) is 4.61. The number of nitrogen functional groups attached to an aromatic ring is 2. The molecule has 0 saturated heterocycles. The largest absolute Gasteiger partial charge is 0.458 e. The minimum absolute atomic E-state index is 0.145. The van der Waals surface area contributed by atoms with E-state index in [2.05, 4.69) is 0 Å². The van der Waals surface area contributed by atoms with Gasteiger partial charge in [0.15, 0.2) is 0 Å². The number of nitrogens with two attached hydrogens (primary N) is 2. The van der Waals surface area contributed by atoms with E-state index in [-0.39, 0.29) is 6.61 Å². The number of rotatable bonds is 4. The Hall–Kier alpha value is -2.75. The van der Waals surface area contributed by atoms with Gasteiger partial charge >= 0.3 is 5.97 Å². The van der Waals surface area contributed by atoms with Gasteiger partial charge in [-0.3, -0.25) is 0 Å². The number of esters is 1. The Morgan fingerprint density at radius 2 is 1.71 bits per heavy atom. The number of anilines is 2. The Labute approximate surface area is 124 Å². The minimum Gasteiger partial charge on any atom is -0.458 e. The fourth-order valence-corrected chi connectivity index (χ4v) is 1.87. The zero-order chi connectivity index (χ0) is 15.2. The quantitative estimate of drug-likeness (QED) is 0.513. The van der Waals surface area contributed by atoms with Crippen molar-refractivity contribution in [2.45, 2.75) is 13.5 Å². The van der Waals surface area contributed by atoms with Gasteiger partial charge in [0.05, 0.1) is 0 Å². The van der Waals surface area contributed by atoms with Crippen molar-refractivity contribution >= 4 is 23.4 Å². The minimum atomic E-state index is -0.406. The first-order valence-corrected chi connectivity index (χ1v) is 6.59. The summed E-state index contributed by atoms with van der Waals surface area (Å²) in [5, 5.41) is 0. The Morgan fingerprint density at radius 1 is 1.10 bits per heavy atom. The maximum Gasteiger partial charge on any atom is 0.331 e. The molecule has 108 valence electrons. The summed E-state index contributed by atoms with van der Waals surface area (Å²) in [4.78, 5) is 11.7. The van der Waals surface area contributed by atoms with Crippen molar-refractivity contribution in [1.29, 1.82) is 0 Å². The SMILES string of the molecule is Cc1ccc(/C=C/C(=O)OCc2cc(N)cc(N)c2)cc1. The molecule has 0 bridgehead atoms. The number of carbonyl (C=O) groups excluding carboxylic acids is 1. The van der Waals surface area contributed by atoms with E-state index in [4.69, 9.17) is 16.2 Å². The van der Waals surface area contributed by atoms with Crippen molar-refractivity contribution in [2.24, 2.45) is 0 Å². The summed E-state index contributed by atoms with van der Waals surface area (Å²) in [5.41, 5.74) is 15.4. The van der Waals surface area contributed by atoms with Gasteiger partial charge in [0, 0.05) is 17.5 Å². The molecule has 2 aromatic rings. The fraction of sp³-hybridized carbons (Fsp3) is 0.118. The van der Waals surface area contributed by atoms with Crippen molar-refractivity contribution in [1.82, 2.24) is 0 Å². The fourth-order valence-electron chi connectivity index (χ4n) is 1.87. The second-order valence-electron chi connectivity index (χ2n) is 4.86. The van der Waals surface area contributed by atoms with Gasteiger partial charge in [-0.15, -0.1) is 0 Å². The highest BCUT2D eigenvalue weighted by molar-refractivity contribution is 5.87. The molecule has 2 rings (SSSR count). The van der Waals surface area contributed by atoms with Crippen molar-refractivity contribution < 1.29 is 9.53 Å². The molecule has 0 fully saturated rings. The maximum atomic E-state index is 11.7. The summed E-state index contributed by atoms with van der Waals surface area (Å²) < 4.78 is 5.15. The molecule has 0 heterocycles. The predicted molar refractivity (Wildman–Crippen MR) is 85.3 cm³/mol. The van der Waals surface area contributed by atoms with Gasteiger partial charge < -0.3 is 16.2 Å². The van der Waals surface area contributed by atoms with Crippen LogP contribution in [-0.4, -0.2) is 5.97 Å². The molecule has 4 nitrogen and oxygen atoms in total. The maximum absolute atomic E-state index is 11.7. The lowest BCUT2D eigenvalue weighted by Gasteiger charge is -2.05. The number of carbonyl (C=O) groups is 1. The summed E-state index contributed by atoms with van der Waals surface area (Å²) in [5.74, 6) is -0.406. The first-order chi connectivity index (χ1) is 10.0. The molecule has 0 unspecified atom stereocenters. The van der Waals surface area contributed by atoms with E-state index in [1.165, 1.54) is 11.6 Å². The molecule has 0 aliphatic heterocycles. The molecule has 21 heavy (non-hydrogen) atoms. The smallest absolute Gasteiger partial charge is 0.331 e. The van der Waals surface area contributed by atoms with E-state index < -0.39 is 5.97 Å². The molecule has 0 radical (unpaired) electrons. The number of hydrogen-bond donors (Lipinski definition) is 2. The average Bonchev–Trinajstić information content (AvgIpc) is 2.43. The third-order valence-corrected chi connectivity index (χ3v) is 2.91. The topological polar surface area (TPSA) is 78.3 Å². The number of aryl methyl sites for hydroxylation is 1. The van der Waals surface area contributed by atoms with Crippen LogP contribution in [0.4, 0.5) is 11.4 Å². The second-order valence-corrected chi connectivity index (χ2v) is 4.86. The van der Waals surface area contributed by atoms with E-state index in [9.17, 15) is 4.79 Å². The lowest BCUT2D eigenvalue weighted by molar-refractivity contribution is -0.138. The van der Waals surface area contributed by atoms with E-state index in [1.807, 2.05) is 31.2 Å². The normalized spacial score (nSPS) is 10.7. The van der Waals surface area contributed by atoms with Crippen LogP contribution in [0.1, 0.15) is 16.7 Å². The first kappa shape index (κ1) is 14.7. The summed E-state index contributed by atoms with van der Waals surface area (Å²) in [6, 6.07) is 13.0. The Balaban J connectivity index is 1.91. The van der Waals surface area contributed by atoms with Crippen LogP contribution in [0.5, 0.6) is 0 Å². The lowest BCUT2D eigenvalue weighted by Crippen LogP contribution is -2.02. The third-order valence-electron chi connectivity index (χ3n) is 2.91. The molecule has 0 spiro atoms. The lowest BCUT2D eigenvalue weighted by atomic mass is 10.1. The van der Waals surface area contributed by atoms with E-state index in [1.54, 1.807) is 24.3 Å². The molecule has 0 aromatic heterocycles. The standard InChI is InChI=1S/C17H18N2O2/c1-12-2-4-13(5-3-12)6-7-17(20)21-11-14-8-15(18)10-16(19)9-14/h2-10H,11,18-19H2,1H3/b7-6+. The predicted octanol–water partition coefficient (Wildman–Crippen LogP) is 2.92. The van der Waals surface area contributed by atoms with Gasteiger partial charge in [0.25, 0.3) is 0 Å². The van der Waals surface area contributed by atoms with Gasteiger partial charge in [-0.25, -0.2) is 4.79 Å². The second kappa shape index (κ2) is 6.61. The number of benzene rings is 2. The molecular weight excluding hydrogens is 264 g/mol. The van der Waals surface area contributed by atoms with E-state index in [0.717, 1.165) is 11.1 Å². The van der Waals surface area contributed by atoms with Crippen molar-refractivity contribution in [3.05, 3.63) is 65.2 Å². The van der Waals surface area contributed by atoms with Gasteiger partial charge in [0.1, 0.15) is 6.61 Å². The van der Waals surface area contributed by atoms with E-state index in [0.29, 0.717) is 11.4 Å². The summed E-state index contributed by atoms with van der Waals surface area (Å²) in [6.07, 6.45) is 3.12. The monoisotopic (exact) mass is 282 g/mol. The van der Waals surface area contributed by atoms with Crippen LogP contribution in [0.2, 0.25) is 0 Å². The van der Waals surface area contributed by atoms with Crippen molar-refractivity contribution in [2.75, 3.05) is 11.5 Å². The Bertz CT molecular complexity index is 641. The van der Waals surface area contributed by atoms with Gasteiger partial charge in [-0.1, -0.05) is 29.8 Å². The molecule has 0 amide bonds. The molecule has 0 aliphatic carbocycles. The van der Waals surface area contributed by atoms with Crippen LogP contribution < -0.4 is 11.5 Å². The molecule has 0 atom stereocenters. The highest BCUT2D eigenvalue weighted by Gasteiger charge is 2.01. The summed E-state index contributed by atoms with van der Waals surface area (Å²) in [6.45, 7) is 2.16. The molecule has 4 N–H and O–H groups in total. The molecular formula is C17H18N2O2. The van der Waals surface area contributed by atoms with Crippen LogP contribution in [0.25, 0.3) is 6.08 Å². The average molecular weight is 282 g/mol. The van der Waals surface area contributed by atoms with Crippen LogP contribution in [0.15, 0.2) is 48.5 Å². The summed E-state index contributed by atoms with van der Waals surface area (Å²) in [7, 11) is 0. The van der Waals surface area contributed by atoms with Crippen molar-refractivity contribution in [3.8, 4) is 0 Å². The molecule has 2 aromatic carbocycles. The first-order valence-electron chi connectivity index (χ1n) is 6.59. The van der Waals surface area contributed by atoms with Gasteiger partial charge in [-0.05, 0) is 42.3 Å². The van der Waals surface area contributed by atoms with Crippen molar-refractivity contribution in [3.63, 3.8) is 0 Å². The van der Waals surface area contributed by atoms with Crippen LogP contribution in [-0.2, 0) is 16.1 Å². The van der Waals surface area contributed by atoms with Gasteiger partial charge in [0.2, 0.25) is 0 Å². The summed E-state index contributed by atoms with van der Waals surface area (Å²) >= 11 is 0. The molecule has 0 saturated carbocycles. The molecule has 0 aliphatic rings. The van der Waals surface area contributed by atoms with Crippen LogP contribution >= 0.6 is 0 Å². The zero-order valence-electron chi connectivity index (χ0n) is 11.9. The van der Waals surface area contributed by atoms with Crippen LogP contribution in [0, 0.1) is 6.92 Å². The molecule has 4 heteroatoms. The highest BCUT2D eigenvalue weighted by Crippen LogP contribution is 2.14. The number of ether oxygens (including phenoxy) is 1. The Morgan fingerprint density at radius 3 is 2.33 bits per heavy atom. The zero-order valence-corrected chi connectivity index (χ0v) is 11.9. The number of hydrogen-bond acceptors (Lipinski definition) is 4. The van der Waals surface area contributed by atoms with E-state index >= 15 is 0 Å².